The molecule has 1 atom stereocenters. The maximum absolute atomic E-state index is 13.3. The lowest BCUT2D eigenvalue weighted by atomic mass is 9.88. The van der Waals surface area contributed by atoms with Crippen molar-refractivity contribution >= 4 is 16.1 Å². The highest BCUT2D eigenvalue weighted by Gasteiger charge is 2.40. The van der Waals surface area contributed by atoms with Crippen molar-refractivity contribution in [2.75, 3.05) is 6.61 Å². The fourth-order valence-corrected chi connectivity index (χ4v) is 4.92. The Balaban J connectivity index is 2.29. The van der Waals surface area contributed by atoms with E-state index < -0.39 is 15.8 Å². The van der Waals surface area contributed by atoms with Crippen molar-refractivity contribution in [3.8, 4) is 5.75 Å². The van der Waals surface area contributed by atoms with Crippen LogP contribution < -0.4 is 10.1 Å². The zero-order valence-corrected chi connectivity index (χ0v) is 14.3. The number of carbonyl (C=O) groups is 1. The maximum atomic E-state index is 13.3. The van der Waals surface area contributed by atoms with Crippen LogP contribution in [0, 0.1) is 5.92 Å². The Morgan fingerprint density at radius 3 is 2.72 bits per heavy atom. The van der Waals surface area contributed by atoms with Crippen LogP contribution >= 0.6 is 0 Å². The Hall–Kier alpha value is -2.86. The quantitative estimate of drug-likeness (QED) is 0.664. The van der Waals surface area contributed by atoms with Gasteiger partial charge in [-0.2, -0.15) is 0 Å². The third-order valence-corrected chi connectivity index (χ3v) is 6.10. The van der Waals surface area contributed by atoms with Crippen LogP contribution in [0.2, 0.25) is 0 Å². The number of dihydropyridines is 1. The molecule has 0 fully saturated rings. The molecule has 2 heterocycles. The molecule has 6 heteroatoms. The first kappa shape index (κ1) is 17.0. The van der Waals surface area contributed by atoms with Crippen molar-refractivity contribution in [1.29, 1.82) is 0 Å². The molecule has 0 saturated carbocycles. The molecular weight excluding hydrogens is 338 g/mol. The van der Waals surface area contributed by atoms with Crippen molar-refractivity contribution in [2.45, 2.75) is 4.90 Å². The van der Waals surface area contributed by atoms with Gasteiger partial charge >= 0.3 is 0 Å². The second kappa shape index (κ2) is 6.57. The first-order valence-corrected chi connectivity index (χ1v) is 9.09. The van der Waals surface area contributed by atoms with Crippen molar-refractivity contribution in [3.63, 3.8) is 0 Å². The lowest BCUT2D eigenvalue weighted by Crippen LogP contribution is -2.29. The molecule has 1 aromatic carbocycles. The maximum Gasteiger partial charge on any atom is 0.209 e. The van der Waals surface area contributed by atoms with E-state index in [1.807, 2.05) is 0 Å². The predicted molar refractivity (Wildman–Crippen MR) is 95.4 cm³/mol. The summed E-state index contributed by atoms with van der Waals surface area (Å²) in [5.74, 6) is -0.470. The van der Waals surface area contributed by atoms with Crippen molar-refractivity contribution < 1.29 is 17.9 Å². The number of aldehydes is 1. The number of carbonyl (C=O) groups excluding carboxylic acids is 1. The Morgan fingerprint density at radius 1 is 1.28 bits per heavy atom. The summed E-state index contributed by atoms with van der Waals surface area (Å²) in [7, 11) is -3.88. The molecule has 25 heavy (non-hydrogen) atoms. The summed E-state index contributed by atoms with van der Waals surface area (Å²) in [6.07, 6.45) is 6.88. The minimum Gasteiger partial charge on any atom is -0.486 e. The highest BCUT2D eigenvalue weighted by molar-refractivity contribution is 7.95. The monoisotopic (exact) mass is 355 g/mol. The predicted octanol–water partition coefficient (Wildman–Crippen LogP) is 2.66. The Kier molecular flexibility index (Phi) is 4.46. The lowest BCUT2D eigenvalue weighted by Gasteiger charge is -2.27. The molecule has 0 saturated heterocycles. The largest absolute Gasteiger partial charge is 0.486 e. The van der Waals surface area contributed by atoms with Crippen LogP contribution in [0.3, 0.4) is 0 Å². The van der Waals surface area contributed by atoms with Gasteiger partial charge in [-0.3, -0.25) is 4.79 Å². The molecule has 1 N–H and O–H groups in total. The summed E-state index contributed by atoms with van der Waals surface area (Å²) in [4.78, 5) is 11.8. The fourth-order valence-electron chi connectivity index (χ4n) is 3.00. The SMILES string of the molecule is C=C/C=C(\C=C)C1C(C=O)=CNC2=C1S(=O)(=O)c1ccccc1OC2. The first-order chi connectivity index (χ1) is 12.0. The van der Waals surface area contributed by atoms with Crippen LogP contribution in [-0.2, 0) is 14.6 Å². The molecule has 5 nitrogen and oxygen atoms in total. The van der Waals surface area contributed by atoms with Crippen LogP contribution in [0.5, 0.6) is 5.75 Å². The zero-order valence-electron chi connectivity index (χ0n) is 13.4. The molecule has 2 aliphatic rings. The van der Waals surface area contributed by atoms with Gasteiger partial charge in [0.25, 0.3) is 0 Å². The summed E-state index contributed by atoms with van der Waals surface area (Å²) in [6.45, 7) is 7.46. The van der Waals surface area contributed by atoms with E-state index in [0.717, 1.165) is 0 Å². The number of para-hydroxylation sites is 1. The number of hydrogen-bond donors (Lipinski definition) is 1. The van der Waals surface area contributed by atoms with E-state index in [0.29, 0.717) is 23.1 Å². The van der Waals surface area contributed by atoms with Gasteiger partial charge in [0.1, 0.15) is 23.5 Å². The van der Waals surface area contributed by atoms with Crippen LogP contribution in [0.15, 0.2) is 88.5 Å². The summed E-state index contributed by atoms with van der Waals surface area (Å²) in [5.41, 5.74) is 1.28. The molecule has 2 aliphatic heterocycles. The van der Waals surface area contributed by atoms with Crippen molar-refractivity contribution in [1.82, 2.24) is 5.32 Å². The van der Waals surface area contributed by atoms with Gasteiger partial charge in [0, 0.05) is 11.8 Å². The minimum atomic E-state index is -3.88. The van der Waals surface area contributed by atoms with Gasteiger partial charge in [0.15, 0.2) is 0 Å². The second-order valence-corrected chi connectivity index (χ2v) is 7.41. The van der Waals surface area contributed by atoms with Crippen molar-refractivity contribution in [2.24, 2.45) is 5.92 Å². The van der Waals surface area contributed by atoms with Gasteiger partial charge in [0.05, 0.1) is 16.5 Å². The van der Waals surface area contributed by atoms with Crippen molar-refractivity contribution in [3.05, 3.63) is 83.6 Å². The summed E-state index contributed by atoms with van der Waals surface area (Å²) in [5, 5.41) is 2.90. The fraction of sp³-hybridized carbons (Fsp3) is 0.105. The zero-order chi connectivity index (χ0) is 18.0. The molecule has 128 valence electrons. The topological polar surface area (TPSA) is 72.5 Å². The number of sulfone groups is 1. The third kappa shape index (κ3) is 2.74. The van der Waals surface area contributed by atoms with E-state index >= 15 is 0 Å². The van der Waals surface area contributed by atoms with Gasteiger partial charge < -0.3 is 10.1 Å². The number of hydrogen-bond acceptors (Lipinski definition) is 5. The minimum absolute atomic E-state index is 0.0588. The average molecular weight is 355 g/mol. The molecule has 0 spiro atoms. The molecule has 0 bridgehead atoms. The van der Waals surface area contributed by atoms with Crippen LogP contribution in [0.4, 0.5) is 0 Å². The smallest absolute Gasteiger partial charge is 0.209 e. The highest BCUT2D eigenvalue weighted by Crippen LogP contribution is 2.42. The number of nitrogens with one attached hydrogen (secondary N) is 1. The summed E-state index contributed by atoms with van der Waals surface area (Å²) < 4.78 is 32.4. The van der Waals surface area contributed by atoms with Gasteiger partial charge in [-0.25, -0.2) is 8.42 Å². The molecular formula is C19H17NO4S. The Morgan fingerprint density at radius 2 is 2.04 bits per heavy atom. The van der Waals surface area contributed by atoms with Gasteiger partial charge in [0.2, 0.25) is 9.84 Å². The highest BCUT2D eigenvalue weighted by atomic mass is 32.2. The Labute approximate surface area is 146 Å². The third-order valence-electron chi connectivity index (χ3n) is 4.12. The van der Waals surface area contributed by atoms with E-state index in [1.54, 1.807) is 24.3 Å². The molecule has 1 aromatic rings. The summed E-state index contributed by atoms with van der Waals surface area (Å²) >= 11 is 0. The molecule has 0 radical (unpaired) electrons. The number of fused-ring (bicyclic) bond motifs is 1. The van der Waals surface area contributed by atoms with E-state index in [1.165, 1.54) is 24.4 Å². The summed E-state index contributed by atoms with van der Waals surface area (Å²) in [6, 6.07) is 6.47. The standard InChI is InChI=1S/C19H17NO4S/c1-3-7-13(4-2)18-14(11-21)10-20-15-12-24-16-8-5-6-9-17(16)25(22,23)19(15)18/h3-11,18,20H,1-2,12H2/b13-7+. The van der Waals surface area contributed by atoms with Gasteiger partial charge in [-0.1, -0.05) is 43.5 Å². The number of ether oxygens (including phenoxy) is 1. The second-order valence-electron chi connectivity index (χ2n) is 5.53. The van der Waals surface area contributed by atoms with E-state index in [4.69, 9.17) is 4.74 Å². The molecule has 0 amide bonds. The van der Waals surface area contributed by atoms with Crippen LogP contribution in [0.25, 0.3) is 0 Å². The lowest BCUT2D eigenvalue weighted by molar-refractivity contribution is -0.105. The number of benzene rings is 1. The normalized spacial score (nSPS) is 21.5. The van der Waals surface area contributed by atoms with Crippen LogP contribution in [0.1, 0.15) is 0 Å². The number of allylic oxidation sites excluding steroid dienone is 6. The van der Waals surface area contributed by atoms with E-state index in [9.17, 15) is 13.2 Å². The number of rotatable bonds is 4. The molecule has 1 unspecified atom stereocenters. The van der Waals surface area contributed by atoms with E-state index in [-0.39, 0.29) is 22.2 Å². The van der Waals surface area contributed by atoms with Gasteiger partial charge in [-0.15, -0.1) is 0 Å². The molecule has 0 aliphatic carbocycles. The van der Waals surface area contributed by atoms with E-state index in [2.05, 4.69) is 18.5 Å². The van der Waals surface area contributed by atoms with Crippen LogP contribution in [-0.4, -0.2) is 21.3 Å². The first-order valence-electron chi connectivity index (χ1n) is 7.61. The van der Waals surface area contributed by atoms with Gasteiger partial charge in [-0.05, 0) is 17.7 Å². The Bertz CT molecular complexity index is 951. The molecule has 3 rings (SSSR count). The molecule has 0 aromatic heterocycles. The average Bonchev–Trinajstić information content (AvgIpc) is 2.74.